The summed E-state index contributed by atoms with van der Waals surface area (Å²) in [4.78, 5) is 13.0. The van der Waals surface area contributed by atoms with Crippen LogP contribution in [0.4, 0.5) is 4.39 Å². The molecule has 4 heterocycles. The van der Waals surface area contributed by atoms with Gasteiger partial charge in [0.15, 0.2) is 5.69 Å². The van der Waals surface area contributed by atoms with Gasteiger partial charge in [0.1, 0.15) is 17.6 Å². The van der Waals surface area contributed by atoms with Crippen LogP contribution in [-0.4, -0.2) is 24.7 Å². The van der Waals surface area contributed by atoms with Crippen LogP contribution in [0.1, 0.15) is 17.4 Å². The van der Waals surface area contributed by atoms with E-state index in [0.717, 1.165) is 11.3 Å². The summed E-state index contributed by atoms with van der Waals surface area (Å²) in [7, 11) is 0. The lowest BCUT2D eigenvalue weighted by Crippen LogP contribution is -2.20. The Labute approximate surface area is 153 Å². The Morgan fingerprint density at radius 2 is 2.07 bits per heavy atom. The van der Waals surface area contributed by atoms with Gasteiger partial charge in [0.25, 0.3) is 5.89 Å². The van der Waals surface area contributed by atoms with Crippen LogP contribution in [0.5, 0.6) is 0 Å². The molecule has 8 heteroatoms. The highest BCUT2D eigenvalue weighted by atomic mass is 19.1. The van der Waals surface area contributed by atoms with E-state index in [9.17, 15) is 4.39 Å². The van der Waals surface area contributed by atoms with Crippen LogP contribution in [0.2, 0.25) is 0 Å². The van der Waals surface area contributed by atoms with Crippen LogP contribution < -0.4 is 0 Å². The molecule has 0 radical (unpaired) electrons. The van der Waals surface area contributed by atoms with Crippen LogP contribution in [0, 0.1) is 5.82 Å². The van der Waals surface area contributed by atoms with Crippen molar-refractivity contribution >= 4 is 0 Å². The third kappa shape index (κ3) is 2.89. The molecule has 0 unspecified atom stereocenters. The number of ether oxygens (including phenoxy) is 1. The van der Waals surface area contributed by atoms with E-state index in [1.54, 1.807) is 18.6 Å². The van der Waals surface area contributed by atoms with Gasteiger partial charge in [-0.2, -0.15) is 4.98 Å². The topological polar surface area (TPSA) is 78.9 Å². The maximum Gasteiger partial charge on any atom is 0.278 e. The van der Waals surface area contributed by atoms with Crippen molar-refractivity contribution in [3.05, 3.63) is 72.1 Å². The second-order valence-corrected chi connectivity index (χ2v) is 6.18. The molecule has 5 rings (SSSR count). The Hall–Kier alpha value is -3.39. The van der Waals surface area contributed by atoms with Crippen molar-refractivity contribution in [1.29, 1.82) is 0 Å². The fourth-order valence-electron chi connectivity index (χ4n) is 3.13. The summed E-state index contributed by atoms with van der Waals surface area (Å²) in [6.45, 7) is 0.852. The summed E-state index contributed by atoms with van der Waals surface area (Å²) < 4.78 is 26.8. The van der Waals surface area contributed by atoms with Crippen molar-refractivity contribution in [2.45, 2.75) is 19.3 Å². The third-order valence-corrected chi connectivity index (χ3v) is 4.47. The van der Waals surface area contributed by atoms with Crippen molar-refractivity contribution in [1.82, 2.24) is 24.7 Å². The first-order chi connectivity index (χ1) is 13.3. The lowest BCUT2D eigenvalue weighted by atomic mass is 10.1. The van der Waals surface area contributed by atoms with Gasteiger partial charge in [-0.25, -0.2) is 9.37 Å². The van der Waals surface area contributed by atoms with Crippen molar-refractivity contribution in [2.24, 2.45) is 0 Å². The molecular formula is C19H14FN5O2. The van der Waals surface area contributed by atoms with Gasteiger partial charge in [-0.05, 0) is 29.8 Å². The van der Waals surface area contributed by atoms with E-state index in [1.807, 2.05) is 28.8 Å². The molecule has 0 aliphatic carbocycles. The zero-order valence-electron chi connectivity index (χ0n) is 14.1. The molecule has 0 N–H and O–H groups in total. The monoisotopic (exact) mass is 363 g/mol. The molecule has 0 saturated heterocycles. The first-order valence-corrected chi connectivity index (χ1v) is 8.44. The van der Waals surface area contributed by atoms with Crippen LogP contribution in [-0.2, 0) is 17.9 Å². The zero-order chi connectivity index (χ0) is 18.2. The van der Waals surface area contributed by atoms with Crippen molar-refractivity contribution in [2.75, 3.05) is 0 Å². The summed E-state index contributed by atoms with van der Waals surface area (Å²) >= 11 is 0. The number of halogens is 1. The molecule has 4 aromatic rings. The van der Waals surface area contributed by atoms with E-state index >= 15 is 0 Å². The second kappa shape index (κ2) is 6.40. The maximum absolute atomic E-state index is 13.5. The highest BCUT2D eigenvalue weighted by molar-refractivity contribution is 5.56. The number of hydrogen-bond donors (Lipinski definition) is 0. The SMILES string of the molecule is Fc1cccc([C@H]2Cn3cnc(-c4nc(-c5ccccn5)no4)c3CO2)c1. The Morgan fingerprint density at radius 1 is 1.11 bits per heavy atom. The van der Waals surface area contributed by atoms with Crippen molar-refractivity contribution < 1.29 is 13.7 Å². The highest BCUT2D eigenvalue weighted by Gasteiger charge is 2.26. The van der Waals surface area contributed by atoms with E-state index in [-0.39, 0.29) is 11.9 Å². The van der Waals surface area contributed by atoms with E-state index < -0.39 is 0 Å². The van der Waals surface area contributed by atoms with E-state index in [0.29, 0.717) is 36.3 Å². The Bertz CT molecular complexity index is 1090. The van der Waals surface area contributed by atoms with Gasteiger partial charge in [0.2, 0.25) is 5.82 Å². The molecule has 27 heavy (non-hydrogen) atoms. The van der Waals surface area contributed by atoms with Gasteiger partial charge in [-0.3, -0.25) is 4.98 Å². The number of hydrogen-bond acceptors (Lipinski definition) is 6. The number of aromatic nitrogens is 5. The number of imidazole rings is 1. The molecule has 1 aliphatic rings. The van der Waals surface area contributed by atoms with Crippen LogP contribution in [0.3, 0.4) is 0 Å². The molecule has 0 spiro atoms. The summed E-state index contributed by atoms with van der Waals surface area (Å²) in [5.41, 5.74) is 2.86. The Balaban J connectivity index is 1.43. The van der Waals surface area contributed by atoms with Gasteiger partial charge in [-0.1, -0.05) is 23.4 Å². The van der Waals surface area contributed by atoms with E-state index in [2.05, 4.69) is 20.1 Å². The Kier molecular flexibility index (Phi) is 3.75. The van der Waals surface area contributed by atoms with E-state index in [1.165, 1.54) is 12.1 Å². The molecule has 0 amide bonds. The summed E-state index contributed by atoms with van der Waals surface area (Å²) in [6, 6.07) is 11.9. The van der Waals surface area contributed by atoms with Crippen LogP contribution >= 0.6 is 0 Å². The minimum absolute atomic E-state index is 0.234. The first-order valence-electron chi connectivity index (χ1n) is 8.44. The standard InChI is InChI=1S/C19H14FN5O2/c20-13-5-3-4-12(8-13)16-9-25-11-22-17(15(25)10-26-16)19-23-18(24-27-19)14-6-1-2-7-21-14/h1-8,11,16H,9-10H2/t16-/m1/s1. The van der Waals surface area contributed by atoms with Gasteiger partial charge in [0.05, 0.1) is 25.2 Å². The molecule has 7 nitrogen and oxygen atoms in total. The molecule has 3 aromatic heterocycles. The van der Waals surface area contributed by atoms with Crippen molar-refractivity contribution in [3.8, 4) is 23.1 Å². The fourth-order valence-corrected chi connectivity index (χ4v) is 3.13. The molecular weight excluding hydrogens is 349 g/mol. The highest BCUT2D eigenvalue weighted by Crippen LogP contribution is 2.31. The maximum atomic E-state index is 13.5. The predicted molar refractivity (Wildman–Crippen MR) is 92.7 cm³/mol. The normalized spacial score (nSPS) is 16.3. The first kappa shape index (κ1) is 15.8. The summed E-state index contributed by atoms with van der Waals surface area (Å²) in [5, 5.41) is 3.98. The second-order valence-electron chi connectivity index (χ2n) is 6.18. The van der Waals surface area contributed by atoms with Gasteiger partial charge in [0, 0.05) is 6.20 Å². The average molecular weight is 363 g/mol. The van der Waals surface area contributed by atoms with Crippen LogP contribution in [0.15, 0.2) is 59.5 Å². The molecule has 0 fully saturated rings. The van der Waals surface area contributed by atoms with E-state index in [4.69, 9.17) is 9.26 Å². The van der Waals surface area contributed by atoms with Gasteiger partial charge < -0.3 is 13.8 Å². The zero-order valence-corrected chi connectivity index (χ0v) is 14.1. The average Bonchev–Trinajstić information content (AvgIpc) is 3.35. The van der Waals surface area contributed by atoms with Gasteiger partial charge >= 0.3 is 0 Å². The third-order valence-electron chi connectivity index (χ3n) is 4.47. The number of benzene rings is 1. The molecule has 1 aliphatic heterocycles. The largest absolute Gasteiger partial charge is 0.365 e. The molecule has 0 bridgehead atoms. The fraction of sp³-hybridized carbons (Fsp3) is 0.158. The number of rotatable bonds is 3. The number of pyridine rings is 1. The minimum atomic E-state index is -0.277. The van der Waals surface area contributed by atoms with Gasteiger partial charge in [-0.15, -0.1) is 0 Å². The summed E-state index contributed by atoms with van der Waals surface area (Å²) in [6.07, 6.45) is 3.15. The molecule has 1 atom stereocenters. The lowest BCUT2D eigenvalue weighted by molar-refractivity contribution is 0.00314. The molecule has 1 aromatic carbocycles. The smallest absolute Gasteiger partial charge is 0.278 e. The predicted octanol–water partition coefficient (Wildman–Crippen LogP) is 3.41. The van der Waals surface area contributed by atoms with Crippen molar-refractivity contribution in [3.63, 3.8) is 0 Å². The minimum Gasteiger partial charge on any atom is -0.365 e. The van der Waals surface area contributed by atoms with Crippen LogP contribution in [0.25, 0.3) is 23.1 Å². The molecule has 134 valence electrons. The molecule has 0 saturated carbocycles. The Morgan fingerprint density at radius 3 is 2.93 bits per heavy atom. The quantitative estimate of drug-likeness (QED) is 0.555. The number of fused-ring (bicyclic) bond motifs is 1. The lowest BCUT2D eigenvalue weighted by Gasteiger charge is -2.25. The number of nitrogens with zero attached hydrogens (tertiary/aromatic N) is 5. The summed E-state index contributed by atoms with van der Waals surface area (Å²) in [5.74, 6) is 0.444.